The lowest BCUT2D eigenvalue weighted by atomic mass is 10.0. The number of hydrogen-bond acceptors (Lipinski definition) is 5. The summed E-state index contributed by atoms with van der Waals surface area (Å²) in [7, 11) is 1.53. The van der Waals surface area contributed by atoms with Crippen molar-refractivity contribution >= 4 is 28.5 Å². The Bertz CT molecular complexity index is 1070. The van der Waals surface area contributed by atoms with E-state index in [1.165, 1.54) is 14.0 Å². The molecule has 3 rings (SSSR count). The molecule has 1 heterocycles. The number of carbonyl (C=O) groups excluding carboxylic acids is 2. The number of fused-ring (bicyclic) bond motifs is 1. The van der Waals surface area contributed by atoms with E-state index in [1.54, 1.807) is 18.4 Å². The molecule has 0 aliphatic carbocycles. The van der Waals surface area contributed by atoms with Crippen molar-refractivity contribution in [1.29, 1.82) is 0 Å². The first-order valence-corrected chi connectivity index (χ1v) is 9.40. The Morgan fingerprint density at radius 1 is 1.10 bits per heavy atom. The van der Waals surface area contributed by atoms with Crippen LogP contribution in [0.3, 0.4) is 0 Å². The smallest absolute Gasteiger partial charge is 0.311 e. The van der Waals surface area contributed by atoms with E-state index >= 15 is 0 Å². The van der Waals surface area contributed by atoms with Crippen LogP contribution in [0.15, 0.2) is 41.0 Å². The molecule has 1 unspecified atom stereocenters. The Morgan fingerprint density at radius 2 is 1.83 bits per heavy atom. The van der Waals surface area contributed by atoms with Crippen molar-refractivity contribution < 1.29 is 23.5 Å². The first-order valence-electron chi connectivity index (χ1n) is 9.40. The average Bonchev–Trinajstić information content (AvgIpc) is 3.03. The molecular formula is C23H25NO5. The molecule has 0 fully saturated rings. The zero-order valence-electron chi connectivity index (χ0n) is 17.3. The summed E-state index contributed by atoms with van der Waals surface area (Å²) in [4.78, 5) is 24.8. The molecule has 29 heavy (non-hydrogen) atoms. The second kappa shape index (κ2) is 8.39. The molecule has 0 saturated heterocycles. The van der Waals surface area contributed by atoms with Crippen LogP contribution >= 0.6 is 0 Å². The zero-order valence-corrected chi connectivity index (χ0v) is 17.3. The van der Waals surface area contributed by atoms with Gasteiger partial charge in [-0.1, -0.05) is 6.07 Å². The standard InChI is InChI=1S/C23H25NO5/c1-13-6-7-20(27-5)19(8-13)24-23(26)16(4)29-22(25)11-17-12-28-21-10-15(3)14(2)9-18(17)21/h6-10,12,16H,11H2,1-5H3,(H,24,26). The monoisotopic (exact) mass is 395 g/mol. The highest BCUT2D eigenvalue weighted by Gasteiger charge is 2.21. The van der Waals surface area contributed by atoms with Crippen LogP contribution in [0.4, 0.5) is 5.69 Å². The van der Waals surface area contributed by atoms with Crippen molar-refractivity contribution in [3.8, 4) is 5.75 Å². The zero-order chi connectivity index (χ0) is 21.1. The number of ether oxygens (including phenoxy) is 2. The van der Waals surface area contributed by atoms with Gasteiger partial charge in [0.15, 0.2) is 6.10 Å². The fourth-order valence-corrected chi connectivity index (χ4v) is 3.07. The molecule has 3 aromatic rings. The van der Waals surface area contributed by atoms with Crippen LogP contribution in [0.5, 0.6) is 5.75 Å². The van der Waals surface area contributed by atoms with Crippen LogP contribution in [0.25, 0.3) is 11.0 Å². The van der Waals surface area contributed by atoms with Gasteiger partial charge in [0.2, 0.25) is 0 Å². The SMILES string of the molecule is COc1ccc(C)cc1NC(=O)C(C)OC(=O)Cc1coc2cc(C)c(C)cc12. The number of carbonyl (C=O) groups is 2. The molecule has 0 bridgehead atoms. The summed E-state index contributed by atoms with van der Waals surface area (Å²) < 4.78 is 16.1. The topological polar surface area (TPSA) is 77.8 Å². The summed E-state index contributed by atoms with van der Waals surface area (Å²) in [6.45, 7) is 7.47. The van der Waals surface area contributed by atoms with Crippen molar-refractivity contribution in [2.45, 2.75) is 40.2 Å². The lowest BCUT2D eigenvalue weighted by Crippen LogP contribution is -2.30. The number of benzene rings is 2. The predicted molar refractivity (Wildman–Crippen MR) is 111 cm³/mol. The van der Waals surface area contributed by atoms with Crippen LogP contribution < -0.4 is 10.1 Å². The van der Waals surface area contributed by atoms with Gasteiger partial charge in [0, 0.05) is 10.9 Å². The van der Waals surface area contributed by atoms with Crippen molar-refractivity contribution in [3.05, 3.63) is 58.8 Å². The van der Waals surface area contributed by atoms with Gasteiger partial charge in [-0.3, -0.25) is 9.59 Å². The normalized spacial score (nSPS) is 11.9. The highest BCUT2D eigenvalue weighted by molar-refractivity contribution is 5.96. The van der Waals surface area contributed by atoms with Gasteiger partial charge in [-0.15, -0.1) is 0 Å². The molecule has 152 valence electrons. The summed E-state index contributed by atoms with van der Waals surface area (Å²) >= 11 is 0. The van der Waals surface area contributed by atoms with Crippen molar-refractivity contribution in [1.82, 2.24) is 0 Å². The van der Waals surface area contributed by atoms with E-state index in [0.29, 0.717) is 11.4 Å². The third-order valence-corrected chi connectivity index (χ3v) is 4.90. The largest absolute Gasteiger partial charge is 0.495 e. The number of nitrogens with one attached hydrogen (secondary N) is 1. The lowest BCUT2D eigenvalue weighted by Gasteiger charge is -2.15. The molecule has 0 aliphatic heterocycles. The molecule has 0 saturated carbocycles. The van der Waals surface area contributed by atoms with Gasteiger partial charge >= 0.3 is 5.97 Å². The molecular weight excluding hydrogens is 370 g/mol. The van der Waals surface area contributed by atoms with Gasteiger partial charge in [0.25, 0.3) is 5.91 Å². The van der Waals surface area contributed by atoms with Crippen molar-refractivity contribution in [2.75, 3.05) is 12.4 Å². The maximum Gasteiger partial charge on any atom is 0.311 e. The molecule has 1 atom stereocenters. The lowest BCUT2D eigenvalue weighted by molar-refractivity contribution is -0.152. The van der Waals surface area contributed by atoms with Gasteiger partial charge in [-0.25, -0.2) is 0 Å². The minimum absolute atomic E-state index is 0.0287. The molecule has 2 aromatic carbocycles. The highest BCUT2D eigenvalue weighted by atomic mass is 16.5. The first-order chi connectivity index (χ1) is 13.8. The number of esters is 1. The summed E-state index contributed by atoms with van der Waals surface area (Å²) in [5.74, 6) is -0.381. The second-order valence-electron chi connectivity index (χ2n) is 7.20. The van der Waals surface area contributed by atoms with E-state index in [4.69, 9.17) is 13.9 Å². The fraction of sp³-hybridized carbons (Fsp3) is 0.304. The molecule has 1 N–H and O–H groups in total. The molecule has 6 heteroatoms. The van der Waals surface area contributed by atoms with E-state index in [1.807, 2.05) is 39.0 Å². The van der Waals surface area contributed by atoms with Crippen LogP contribution in [0.2, 0.25) is 0 Å². The van der Waals surface area contributed by atoms with Crippen LogP contribution in [0, 0.1) is 20.8 Å². The predicted octanol–water partition coefficient (Wildman–Crippen LogP) is 4.48. The molecule has 1 amide bonds. The minimum atomic E-state index is -0.949. The average molecular weight is 395 g/mol. The van der Waals surface area contributed by atoms with Crippen molar-refractivity contribution in [2.24, 2.45) is 0 Å². The minimum Gasteiger partial charge on any atom is -0.495 e. The Hall–Kier alpha value is -3.28. The van der Waals surface area contributed by atoms with Gasteiger partial charge in [0.05, 0.1) is 25.5 Å². The quantitative estimate of drug-likeness (QED) is 0.623. The maximum atomic E-state index is 12.5. The number of anilines is 1. The van der Waals surface area contributed by atoms with Gasteiger partial charge < -0.3 is 19.2 Å². The van der Waals surface area contributed by atoms with Crippen molar-refractivity contribution in [3.63, 3.8) is 0 Å². The summed E-state index contributed by atoms with van der Waals surface area (Å²) in [6, 6.07) is 9.40. The van der Waals surface area contributed by atoms with E-state index in [9.17, 15) is 9.59 Å². The second-order valence-corrected chi connectivity index (χ2v) is 7.20. The Balaban J connectivity index is 1.66. The first kappa shape index (κ1) is 20.5. The van der Waals surface area contributed by atoms with E-state index in [-0.39, 0.29) is 6.42 Å². The number of methoxy groups -OCH3 is 1. The number of amides is 1. The van der Waals surface area contributed by atoms with Gasteiger partial charge in [-0.2, -0.15) is 0 Å². The molecule has 0 radical (unpaired) electrons. The highest BCUT2D eigenvalue weighted by Crippen LogP contribution is 2.26. The fourth-order valence-electron chi connectivity index (χ4n) is 3.07. The Morgan fingerprint density at radius 3 is 2.55 bits per heavy atom. The molecule has 0 spiro atoms. The Labute approximate surface area is 169 Å². The number of aryl methyl sites for hydroxylation is 3. The number of rotatable bonds is 6. The van der Waals surface area contributed by atoms with E-state index in [0.717, 1.165) is 33.2 Å². The summed E-state index contributed by atoms with van der Waals surface area (Å²) in [6.07, 6.45) is 0.642. The van der Waals surface area contributed by atoms with E-state index < -0.39 is 18.0 Å². The van der Waals surface area contributed by atoms with E-state index in [2.05, 4.69) is 5.32 Å². The summed E-state index contributed by atoms with van der Waals surface area (Å²) in [5, 5.41) is 3.63. The molecule has 6 nitrogen and oxygen atoms in total. The van der Waals surface area contributed by atoms with Crippen LogP contribution in [-0.2, 0) is 20.7 Å². The van der Waals surface area contributed by atoms with Gasteiger partial charge in [0.1, 0.15) is 11.3 Å². The van der Waals surface area contributed by atoms with Crippen LogP contribution in [-0.4, -0.2) is 25.1 Å². The third kappa shape index (κ3) is 4.59. The maximum absolute atomic E-state index is 12.5. The molecule has 1 aromatic heterocycles. The van der Waals surface area contributed by atoms with Crippen LogP contribution in [0.1, 0.15) is 29.2 Å². The summed E-state index contributed by atoms with van der Waals surface area (Å²) in [5.41, 5.74) is 5.22. The third-order valence-electron chi connectivity index (χ3n) is 4.90. The number of furan rings is 1. The molecule has 0 aliphatic rings. The Kier molecular flexibility index (Phi) is 5.92. The number of hydrogen-bond donors (Lipinski definition) is 1. The van der Waals surface area contributed by atoms with Gasteiger partial charge in [-0.05, 0) is 68.7 Å².